The van der Waals surface area contributed by atoms with Crippen molar-refractivity contribution in [3.8, 4) is 11.4 Å². The minimum Gasteiger partial charge on any atom is -0.310 e. The Balaban J connectivity index is 0.000000110. The molecule has 0 N–H and O–H groups in total. The van der Waals surface area contributed by atoms with E-state index in [-0.39, 0.29) is 40.1 Å². The Morgan fingerprint density at radius 2 is 0.448 bits per heavy atom. The predicted molar refractivity (Wildman–Crippen MR) is 461 cm³/mol. The molecule has 10 nitrogen and oxygen atoms in total. The van der Waals surface area contributed by atoms with Crippen LogP contribution >= 0.6 is 0 Å². The first-order chi connectivity index (χ1) is 56.9. The summed E-state index contributed by atoms with van der Waals surface area (Å²) in [4.78, 5) is 84.6. The van der Waals surface area contributed by atoms with Crippen molar-refractivity contribution in [3.63, 3.8) is 0 Å². The number of rotatable bonds is 6. The van der Waals surface area contributed by atoms with Crippen molar-refractivity contribution in [3.05, 3.63) is 476 Å². The van der Waals surface area contributed by atoms with Crippen LogP contribution in [0.4, 0.5) is 34.1 Å². The van der Waals surface area contributed by atoms with Crippen LogP contribution in [-0.2, 0) is 10.8 Å². The first-order valence-electron chi connectivity index (χ1n) is 39.0. The average Bonchev–Trinajstić information content (AvgIpc) is 0.930. The predicted octanol–water partition coefficient (Wildman–Crippen LogP) is 23.9. The topological polar surface area (TPSA) is 119 Å². The molecular formula is C106H68N4O6. The molecule has 3 aliphatic carbocycles. The van der Waals surface area contributed by atoms with Gasteiger partial charge in [-0.3, -0.25) is 28.8 Å². The van der Waals surface area contributed by atoms with Crippen molar-refractivity contribution in [2.75, 3.05) is 9.80 Å². The molecular weight excluding hydrogens is 1430 g/mol. The van der Waals surface area contributed by atoms with E-state index in [1.54, 1.807) is 78.9 Å². The summed E-state index contributed by atoms with van der Waals surface area (Å²) in [6.45, 7) is 4.49. The van der Waals surface area contributed by atoms with Gasteiger partial charge in [-0.05, 0) is 149 Å². The van der Waals surface area contributed by atoms with Gasteiger partial charge in [0.1, 0.15) is 0 Å². The number of anilines is 6. The molecule has 10 heteroatoms. The van der Waals surface area contributed by atoms with Gasteiger partial charge in [-0.1, -0.05) is 275 Å². The molecule has 0 unspecified atom stereocenters. The van der Waals surface area contributed by atoms with Crippen LogP contribution in [0.3, 0.4) is 0 Å². The van der Waals surface area contributed by atoms with Crippen LogP contribution in [0.1, 0.15) is 143 Å². The molecule has 5 aliphatic rings. The number of benzene rings is 16. The largest absolute Gasteiger partial charge is 0.310 e. The van der Waals surface area contributed by atoms with Crippen LogP contribution in [0.2, 0.25) is 0 Å². The van der Waals surface area contributed by atoms with E-state index >= 15 is 0 Å². The van der Waals surface area contributed by atoms with Gasteiger partial charge in [-0.25, -0.2) is 0 Å². The zero-order valence-corrected chi connectivity index (χ0v) is 63.0. The molecule has 2 aromatic heterocycles. The summed E-state index contributed by atoms with van der Waals surface area (Å²) in [7, 11) is 0. The molecule has 16 aromatic carbocycles. The van der Waals surface area contributed by atoms with Crippen molar-refractivity contribution in [1.82, 2.24) is 9.13 Å². The number of nitrogens with zero attached hydrogens (tertiary/aromatic N) is 4. The number of carbonyl (C=O) groups excluding carboxylic acids is 6. The molecule has 0 saturated carbocycles. The minimum absolute atomic E-state index is 0.0951. The fraction of sp³-hybridized carbons (Fsp3) is 0.0377. The number of hydrogen-bond acceptors (Lipinski definition) is 8. The van der Waals surface area contributed by atoms with Crippen LogP contribution in [0.25, 0.3) is 55.0 Å². The summed E-state index contributed by atoms with van der Waals surface area (Å²) in [5.41, 5.74) is 24.2. The van der Waals surface area contributed by atoms with Crippen molar-refractivity contribution >= 4 is 112 Å². The van der Waals surface area contributed by atoms with Crippen LogP contribution in [0, 0.1) is 0 Å². The van der Waals surface area contributed by atoms with E-state index in [0.29, 0.717) is 66.8 Å². The van der Waals surface area contributed by atoms with Crippen molar-refractivity contribution in [1.29, 1.82) is 0 Å². The third-order valence-electron chi connectivity index (χ3n) is 24.1. The van der Waals surface area contributed by atoms with E-state index in [4.69, 9.17) is 0 Å². The Hall–Kier alpha value is -15.3. The standard InChI is InChI=1S/C39H25NO2.C38H22N2O2.C29H21NO2/c41-37-29-17-7-8-18-30(29)38(42)32-25-28(23-24-31(32)37)40-35-21-11-9-19-33(35)39(26-13-3-1-4-14-26,27-15-5-2-6-16-27)34-20-10-12-22-36(34)40;41-37-28-12-1-2-13-29(28)38(42)32-22-23(17-19-30(32)37)40-35-16-8-5-11-27(35)31-21-24(18-20-36(31)40)39-33-14-6-3-9-25(33)26-10-4-7-15-34(26)39;1-29(2)23-11-5-7-13-25(23)30(26-14-8-6-12-24(26)29)18-15-16-21-22(17-18)28(32)20-10-4-3-9-19(20)27(21)31/h1-25H;1-22H;3-17H,1-2H3. The monoisotopic (exact) mass is 1490 g/mol. The van der Waals surface area contributed by atoms with Gasteiger partial charge in [0.2, 0.25) is 0 Å². The van der Waals surface area contributed by atoms with Gasteiger partial charge in [0.25, 0.3) is 0 Å². The number of hydrogen-bond donors (Lipinski definition) is 0. The van der Waals surface area contributed by atoms with Crippen LogP contribution in [-0.4, -0.2) is 43.8 Å². The van der Waals surface area contributed by atoms with E-state index in [2.05, 4.69) is 263 Å². The molecule has 548 valence electrons. The van der Waals surface area contributed by atoms with Crippen molar-refractivity contribution < 1.29 is 28.8 Å². The first-order valence-corrected chi connectivity index (χ1v) is 39.0. The zero-order valence-electron chi connectivity index (χ0n) is 63.0. The van der Waals surface area contributed by atoms with Gasteiger partial charge in [0, 0.05) is 116 Å². The Morgan fingerprint density at radius 3 is 0.828 bits per heavy atom. The summed E-state index contributed by atoms with van der Waals surface area (Å²) in [6.07, 6.45) is 0. The maximum atomic E-state index is 13.7. The van der Waals surface area contributed by atoms with Gasteiger partial charge in [0.15, 0.2) is 34.7 Å². The van der Waals surface area contributed by atoms with Crippen LogP contribution in [0.15, 0.2) is 376 Å². The quantitative estimate of drug-likeness (QED) is 0.161. The van der Waals surface area contributed by atoms with Crippen LogP contribution in [0.5, 0.6) is 0 Å². The second-order valence-electron chi connectivity index (χ2n) is 30.6. The summed E-state index contributed by atoms with van der Waals surface area (Å²) in [6, 6.07) is 125. The van der Waals surface area contributed by atoms with Crippen LogP contribution < -0.4 is 9.80 Å². The summed E-state index contributed by atoms with van der Waals surface area (Å²) >= 11 is 0. The Labute approximate surface area is 668 Å². The lowest BCUT2D eigenvalue weighted by Gasteiger charge is -2.46. The SMILES string of the molecule is CC1(C)c2ccccc2N(c2ccc3c(c2)C(=O)c2ccccc2C3=O)c2ccccc21.O=C1c2ccccc2C(=O)c2cc(-n3c4ccccc4c4cc(-n5c6ccccc6c6ccccc65)ccc43)ccc21.O=C1c2ccccc2C(=O)c2cc(N3c4ccccc4C(c4ccccc4)(c4ccccc4)c4ccccc43)ccc21. The minimum atomic E-state index is -0.564. The summed E-state index contributed by atoms with van der Waals surface area (Å²) in [5.74, 6) is -0.651. The Kier molecular flexibility index (Phi) is 15.8. The van der Waals surface area contributed by atoms with E-state index in [1.165, 1.54) is 44.1 Å². The molecule has 0 bridgehead atoms. The molecule has 2 aliphatic heterocycles. The maximum Gasteiger partial charge on any atom is 0.194 e. The number of para-hydroxylation sites is 7. The lowest BCUT2D eigenvalue weighted by Crippen LogP contribution is -2.37. The Bertz CT molecular complexity index is 7090. The number of fused-ring (bicyclic) bond motifs is 16. The van der Waals surface area contributed by atoms with Gasteiger partial charge in [-0.2, -0.15) is 0 Å². The van der Waals surface area contributed by atoms with Crippen molar-refractivity contribution in [2.24, 2.45) is 0 Å². The molecule has 0 atom stereocenters. The highest BCUT2D eigenvalue weighted by molar-refractivity contribution is 6.31. The fourth-order valence-electron chi connectivity index (χ4n) is 18.9. The fourth-order valence-corrected chi connectivity index (χ4v) is 18.9. The molecule has 0 saturated heterocycles. The molecule has 0 amide bonds. The Morgan fingerprint density at radius 1 is 0.198 bits per heavy atom. The molecule has 4 heterocycles. The van der Waals surface area contributed by atoms with Gasteiger partial charge < -0.3 is 18.9 Å². The second-order valence-corrected chi connectivity index (χ2v) is 30.6. The van der Waals surface area contributed by atoms with E-state index in [0.717, 1.165) is 78.4 Å². The number of aromatic nitrogens is 2. The molecule has 116 heavy (non-hydrogen) atoms. The first kappa shape index (κ1) is 68.7. The molecule has 23 rings (SSSR count). The smallest absolute Gasteiger partial charge is 0.194 e. The average molecular weight is 1490 g/mol. The maximum absolute atomic E-state index is 13.7. The number of carbonyl (C=O) groups is 6. The summed E-state index contributed by atoms with van der Waals surface area (Å²) < 4.78 is 4.52. The second kappa shape index (κ2) is 26.7. The third kappa shape index (κ3) is 10.3. The van der Waals surface area contributed by atoms with Gasteiger partial charge in [-0.15, -0.1) is 0 Å². The van der Waals surface area contributed by atoms with Crippen molar-refractivity contribution in [2.45, 2.75) is 24.7 Å². The summed E-state index contributed by atoms with van der Waals surface area (Å²) in [5, 5.41) is 4.70. The third-order valence-corrected chi connectivity index (χ3v) is 24.1. The normalized spacial score (nSPS) is 14.2. The van der Waals surface area contributed by atoms with E-state index in [1.807, 2.05) is 66.7 Å². The van der Waals surface area contributed by atoms with E-state index < -0.39 is 5.41 Å². The zero-order chi connectivity index (χ0) is 78.2. The molecule has 0 fully saturated rings. The highest BCUT2D eigenvalue weighted by Gasteiger charge is 2.47. The lowest BCUT2D eigenvalue weighted by molar-refractivity contribution is 0.0979. The molecule has 0 radical (unpaired) electrons. The van der Waals surface area contributed by atoms with Gasteiger partial charge in [0.05, 0.1) is 50.2 Å². The molecule has 18 aromatic rings. The lowest BCUT2D eigenvalue weighted by atomic mass is 9.62. The van der Waals surface area contributed by atoms with E-state index in [9.17, 15) is 28.8 Å². The number of ketones is 6. The van der Waals surface area contributed by atoms with Gasteiger partial charge >= 0.3 is 0 Å². The highest BCUT2D eigenvalue weighted by Crippen LogP contribution is 2.59. The molecule has 0 spiro atoms. The highest BCUT2D eigenvalue weighted by atomic mass is 16.2.